The molecule has 0 saturated heterocycles. The lowest BCUT2D eigenvalue weighted by Gasteiger charge is -2.27. The fourth-order valence-electron chi connectivity index (χ4n) is 2.96. The Morgan fingerprint density at radius 3 is 2.91 bits per heavy atom. The second-order valence-electron chi connectivity index (χ2n) is 6.39. The zero-order chi connectivity index (χ0) is 15.8. The zero-order valence-corrected chi connectivity index (χ0v) is 13.5. The van der Waals surface area contributed by atoms with E-state index in [1.165, 1.54) is 5.56 Å². The quantitative estimate of drug-likeness (QED) is 0.743. The summed E-state index contributed by atoms with van der Waals surface area (Å²) in [5, 5.41) is 0. The molecule has 0 saturated carbocycles. The van der Waals surface area contributed by atoms with E-state index in [0.717, 1.165) is 54.6 Å². The van der Waals surface area contributed by atoms with E-state index in [4.69, 9.17) is 9.40 Å². The second kappa shape index (κ2) is 5.74. The van der Waals surface area contributed by atoms with Crippen LogP contribution in [0.5, 0.6) is 0 Å². The number of nitrogens with zero attached hydrogens (tertiary/aromatic N) is 4. The van der Waals surface area contributed by atoms with Gasteiger partial charge < -0.3 is 4.42 Å². The Morgan fingerprint density at radius 2 is 2.09 bits per heavy atom. The number of hydrogen-bond acceptors (Lipinski definition) is 5. The minimum absolute atomic E-state index is 0.354. The molecule has 1 aliphatic heterocycles. The Labute approximate surface area is 135 Å². The summed E-state index contributed by atoms with van der Waals surface area (Å²) in [6, 6.07) is 7.89. The minimum Gasteiger partial charge on any atom is -0.439 e. The highest BCUT2D eigenvalue weighted by Gasteiger charge is 2.20. The summed E-state index contributed by atoms with van der Waals surface area (Å²) in [5.74, 6) is 2.05. The predicted molar refractivity (Wildman–Crippen MR) is 87.9 cm³/mol. The average molecular weight is 308 g/mol. The lowest BCUT2D eigenvalue weighted by Crippen LogP contribution is -2.31. The monoisotopic (exact) mass is 308 g/mol. The first-order chi connectivity index (χ1) is 11.2. The third-order valence-corrected chi connectivity index (χ3v) is 4.26. The molecule has 0 aliphatic carbocycles. The molecule has 3 aromatic rings. The highest BCUT2D eigenvalue weighted by molar-refractivity contribution is 5.72. The number of rotatable bonds is 3. The summed E-state index contributed by atoms with van der Waals surface area (Å²) in [6.07, 6.45) is 2.97. The van der Waals surface area contributed by atoms with Crippen molar-refractivity contribution in [3.63, 3.8) is 0 Å². The van der Waals surface area contributed by atoms with Gasteiger partial charge in [0.1, 0.15) is 11.3 Å². The van der Waals surface area contributed by atoms with Crippen molar-refractivity contribution in [3.8, 4) is 0 Å². The first kappa shape index (κ1) is 14.3. The van der Waals surface area contributed by atoms with Crippen LogP contribution >= 0.6 is 0 Å². The number of para-hydroxylation sites is 2. The highest BCUT2D eigenvalue weighted by atomic mass is 16.3. The molecule has 5 nitrogen and oxygen atoms in total. The molecule has 1 aliphatic rings. The molecular weight excluding hydrogens is 288 g/mol. The van der Waals surface area contributed by atoms with Gasteiger partial charge >= 0.3 is 0 Å². The summed E-state index contributed by atoms with van der Waals surface area (Å²) >= 11 is 0. The maximum absolute atomic E-state index is 5.84. The van der Waals surface area contributed by atoms with Crippen molar-refractivity contribution in [2.75, 3.05) is 6.54 Å². The van der Waals surface area contributed by atoms with Crippen LogP contribution in [0.15, 0.2) is 34.9 Å². The molecular formula is C18H20N4O. The molecule has 2 aromatic heterocycles. The van der Waals surface area contributed by atoms with Crippen LogP contribution in [-0.2, 0) is 19.5 Å². The summed E-state index contributed by atoms with van der Waals surface area (Å²) in [6.45, 7) is 6.78. The van der Waals surface area contributed by atoms with Crippen LogP contribution in [0.3, 0.4) is 0 Å². The van der Waals surface area contributed by atoms with Gasteiger partial charge in [0.05, 0.1) is 12.2 Å². The first-order valence-electron chi connectivity index (χ1n) is 8.10. The van der Waals surface area contributed by atoms with Crippen LogP contribution < -0.4 is 0 Å². The van der Waals surface area contributed by atoms with Crippen LogP contribution in [0.25, 0.3) is 11.1 Å². The fourth-order valence-corrected chi connectivity index (χ4v) is 2.96. The van der Waals surface area contributed by atoms with Gasteiger partial charge in [-0.15, -0.1) is 0 Å². The maximum atomic E-state index is 5.84. The largest absolute Gasteiger partial charge is 0.439 e. The van der Waals surface area contributed by atoms with E-state index < -0.39 is 0 Å². The lowest BCUT2D eigenvalue weighted by molar-refractivity contribution is 0.219. The Hall–Kier alpha value is -2.27. The smallest absolute Gasteiger partial charge is 0.209 e. The van der Waals surface area contributed by atoms with Crippen LogP contribution in [0, 0.1) is 0 Å². The first-order valence-corrected chi connectivity index (χ1v) is 8.10. The zero-order valence-electron chi connectivity index (χ0n) is 13.5. The molecule has 4 rings (SSSR count). The SMILES string of the molecule is CC(C)c1ncc2c(n1)CN(Cc1nc3ccccc3o1)CC2. The minimum atomic E-state index is 0.354. The van der Waals surface area contributed by atoms with Crippen molar-refractivity contribution >= 4 is 11.1 Å². The van der Waals surface area contributed by atoms with Gasteiger partial charge in [-0.3, -0.25) is 4.90 Å². The van der Waals surface area contributed by atoms with Crippen LogP contribution in [0.4, 0.5) is 0 Å². The van der Waals surface area contributed by atoms with Crippen molar-refractivity contribution in [1.82, 2.24) is 19.9 Å². The third-order valence-electron chi connectivity index (χ3n) is 4.26. The van der Waals surface area contributed by atoms with Crippen LogP contribution in [0.1, 0.15) is 42.7 Å². The molecule has 3 heterocycles. The molecule has 0 unspecified atom stereocenters. The Balaban J connectivity index is 1.54. The molecule has 23 heavy (non-hydrogen) atoms. The highest BCUT2D eigenvalue weighted by Crippen LogP contribution is 2.22. The maximum Gasteiger partial charge on any atom is 0.209 e. The lowest BCUT2D eigenvalue weighted by atomic mass is 10.1. The molecule has 0 N–H and O–H groups in total. The molecule has 0 radical (unpaired) electrons. The van der Waals surface area contributed by atoms with Gasteiger partial charge in [0.25, 0.3) is 0 Å². The van der Waals surface area contributed by atoms with Crippen molar-refractivity contribution < 1.29 is 4.42 Å². The predicted octanol–water partition coefficient (Wildman–Crippen LogP) is 3.30. The summed E-state index contributed by atoms with van der Waals surface area (Å²) in [7, 11) is 0. The van der Waals surface area contributed by atoms with Crippen molar-refractivity contribution in [3.05, 3.63) is 53.4 Å². The van der Waals surface area contributed by atoms with Crippen molar-refractivity contribution in [2.24, 2.45) is 0 Å². The third kappa shape index (κ3) is 2.84. The summed E-state index contributed by atoms with van der Waals surface area (Å²) < 4.78 is 5.84. The number of hydrogen-bond donors (Lipinski definition) is 0. The van der Waals surface area contributed by atoms with Crippen LogP contribution in [-0.4, -0.2) is 26.4 Å². The normalized spacial score (nSPS) is 15.3. The number of aromatic nitrogens is 3. The van der Waals surface area contributed by atoms with Gasteiger partial charge in [-0.05, 0) is 24.1 Å². The number of fused-ring (bicyclic) bond motifs is 2. The van der Waals surface area contributed by atoms with Gasteiger partial charge in [0, 0.05) is 25.2 Å². The van der Waals surface area contributed by atoms with Crippen molar-refractivity contribution in [1.29, 1.82) is 0 Å². The Bertz CT molecular complexity index is 807. The number of oxazole rings is 1. The van der Waals surface area contributed by atoms with Crippen molar-refractivity contribution in [2.45, 2.75) is 39.3 Å². The molecule has 0 fully saturated rings. The van der Waals surface area contributed by atoms with E-state index in [1.807, 2.05) is 30.5 Å². The van der Waals surface area contributed by atoms with E-state index in [-0.39, 0.29) is 0 Å². The van der Waals surface area contributed by atoms with E-state index in [0.29, 0.717) is 5.92 Å². The van der Waals surface area contributed by atoms with Crippen LogP contribution in [0.2, 0.25) is 0 Å². The van der Waals surface area contributed by atoms with E-state index in [2.05, 4.69) is 28.7 Å². The molecule has 0 amide bonds. The Kier molecular flexibility index (Phi) is 3.58. The van der Waals surface area contributed by atoms with E-state index >= 15 is 0 Å². The number of benzene rings is 1. The van der Waals surface area contributed by atoms with E-state index in [9.17, 15) is 0 Å². The second-order valence-corrected chi connectivity index (χ2v) is 6.39. The summed E-state index contributed by atoms with van der Waals surface area (Å²) in [5.41, 5.74) is 4.18. The van der Waals surface area contributed by atoms with Gasteiger partial charge in [0.2, 0.25) is 5.89 Å². The van der Waals surface area contributed by atoms with Gasteiger partial charge in [-0.2, -0.15) is 0 Å². The molecule has 0 spiro atoms. The molecule has 0 bridgehead atoms. The summed E-state index contributed by atoms with van der Waals surface area (Å²) in [4.78, 5) is 16.1. The molecule has 0 atom stereocenters. The standard InChI is InChI=1S/C18H20N4O/c1-12(2)18-19-9-13-7-8-22(10-15(13)21-18)11-17-20-14-5-3-4-6-16(14)23-17/h3-6,9,12H,7-8,10-11H2,1-2H3. The van der Waals surface area contributed by atoms with Gasteiger partial charge in [0.15, 0.2) is 5.58 Å². The average Bonchev–Trinajstić information content (AvgIpc) is 2.96. The van der Waals surface area contributed by atoms with Gasteiger partial charge in [-0.25, -0.2) is 15.0 Å². The molecule has 5 heteroatoms. The Morgan fingerprint density at radius 1 is 1.22 bits per heavy atom. The topological polar surface area (TPSA) is 55.1 Å². The fraction of sp³-hybridized carbons (Fsp3) is 0.389. The molecule has 118 valence electrons. The van der Waals surface area contributed by atoms with E-state index in [1.54, 1.807) is 0 Å². The molecule has 1 aromatic carbocycles. The van der Waals surface area contributed by atoms with Gasteiger partial charge in [-0.1, -0.05) is 26.0 Å².